The van der Waals surface area contributed by atoms with Gasteiger partial charge in [0.2, 0.25) is 5.24 Å². The summed E-state index contributed by atoms with van der Waals surface area (Å²) < 4.78 is 0. The van der Waals surface area contributed by atoms with E-state index in [1.807, 2.05) is 0 Å². The summed E-state index contributed by atoms with van der Waals surface area (Å²) in [7, 11) is 0. The van der Waals surface area contributed by atoms with E-state index in [9.17, 15) is 9.59 Å². The molecule has 9 heavy (non-hydrogen) atoms. The molecule has 0 saturated heterocycles. The lowest BCUT2D eigenvalue weighted by Crippen LogP contribution is -1.85. The highest BCUT2D eigenvalue weighted by Gasteiger charge is 1.93. The van der Waals surface area contributed by atoms with Crippen molar-refractivity contribution in [2.75, 3.05) is 0 Å². The zero-order valence-corrected chi connectivity index (χ0v) is 5.86. The molecule has 52 valence electrons. The minimum atomic E-state index is -0.319. The second-order valence-electron chi connectivity index (χ2n) is 1.77. The average molecular weight is 149 g/mol. The number of aldehydes is 1. The Labute approximate surface area is 59.2 Å². The first-order chi connectivity index (χ1) is 4.27. The van der Waals surface area contributed by atoms with Crippen molar-refractivity contribution in [3.05, 3.63) is 0 Å². The first-order valence-corrected chi connectivity index (χ1v) is 3.27. The van der Waals surface area contributed by atoms with E-state index >= 15 is 0 Å². The summed E-state index contributed by atoms with van der Waals surface area (Å²) in [6, 6.07) is 0. The molecule has 0 radical (unpaired) electrons. The maximum absolute atomic E-state index is 10.1. The van der Waals surface area contributed by atoms with Crippen LogP contribution in [0.25, 0.3) is 0 Å². The Bertz CT molecular complexity index is 101. The van der Waals surface area contributed by atoms with Gasteiger partial charge in [-0.3, -0.25) is 4.79 Å². The quantitative estimate of drug-likeness (QED) is 0.337. The van der Waals surface area contributed by atoms with E-state index in [0.29, 0.717) is 12.8 Å². The van der Waals surface area contributed by atoms with Crippen molar-refractivity contribution in [2.24, 2.45) is 0 Å². The topological polar surface area (TPSA) is 34.1 Å². The van der Waals surface area contributed by atoms with Gasteiger partial charge in [-0.1, -0.05) is 0 Å². The molecular formula is C6H9ClO2. The summed E-state index contributed by atoms with van der Waals surface area (Å²) in [6.07, 6.45) is 3.25. The van der Waals surface area contributed by atoms with Crippen LogP contribution in [0.4, 0.5) is 0 Å². The lowest BCUT2D eigenvalue weighted by molar-refractivity contribution is -0.112. The van der Waals surface area contributed by atoms with Gasteiger partial charge in [0.1, 0.15) is 6.29 Å². The van der Waals surface area contributed by atoms with Gasteiger partial charge in [-0.15, -0.1) is 0 Å². The van der Waals surface area contributed by atoms with Gasteiger partial charge in [-0.25, -0.2) is 0 Å². The summed E-state index contributed by atoms with van der Waals surface area (Å²) in [5.41, 5.74) is 0. The lowest BCUT2D eigenvalue weighted by atomic mass is 10.2. The first kappa shape index (κ1) is 8.63. The molecule has 0 spiro atoms. The van der Waals surface area contributed by atoms with E-state index in [0.717, 1.165) is 19.1 Å². The van der Waals surface area contributed by atoms with Crippen LogP contribution in [0.5, 0.6) is 0 Å². The summed E-state index contributed by atoms with van der Waals surface area (Å²) in [6.45, 7) is 0. The van der Waals surface area contributed by atoms with E-state index in [1.54, 1.807) is 0 Å². The molecule has 2 nitrogen and oxygen atoms in total. The number of hydrogen-bond donors (Lipinski definition) is 0. The van der Waals surface area contributed by atoms with Crippen LogP contribution in [0.2, 0.25) is 0 Å². The monoisotopic (exact) mass is 148 g/mol. The Morgan fingerprint density at radius 2 is 2.11 bits per heavy atom. The Balaban J connectivity index is 2.91. The van der Waals surface area contributed by atoms with Gasteiger partial charge in [0.15, 0.2) is 0 Å². The van der Waals surface area contributed by atoms with Crippen molar-refractivity contribution in [2.45, 2.75) is 25.7 Å². The molecule has 0 aromatic heterocycles. The summed E-state index contributed by atoms with van der Waals surface area (Å²) in [5, 5.41) is -0.319. The molecule has 0 rings (SSSR count). The third-order valence-electron chi connectivity index (χ3n) is 0.945. The molecule has 0 saturated carbocycles. The summed E-state index contributed by atoms with van der Waals surface area (Å²) >= 11 is 5.03. The van der Waals surface area contributed by atoms with Crippen LogP contribution in [-0.2, 0) is 9.59 Å². The molecule has 0 bridgehead atoms. The average Bonchev–Trinajstić information content (AvgIpc) is 1.80. The second kappa shape index (κ2) is 5.76. The predicted octanol–water partition coefficient (Wildman–Crippen LogP) is 1.51. The van der Waals surface area contributed by atoms with E-state index in [-0.39, 0.29) is 5.24 Å². The standard InChI is InChI=1S/C6H9ClO2/c7-6(9)4-2-1-3-5-8/h5H,1-4H2. The van der Waals surface area contributed by atoms with E-state index in [4.69, 9.17) is 11.6 Å². The van der Waals surface area contributed by atoms with Crippen LogP contribution in [0.15, 0.2) is 0 Å². The molecule has 0 fully saturated rings. The van der Waals surface area contributed by atoms with Crippen molar-refractivity contribution >= 4 is 23.1 Å². The summed E-state index contributed by atoms with van der Waals surface area (Å²) in [4.78, 5) is 19.8. The van der Waals surface area contributed by atoms with Gasteiger partial charge < -0.3 is 4.79 Å². The zero-order valence-electron chi connectivity index (χ0n) is 5.10. The molecule has 0 N–H and O–H groups in total. The van der Waals surface area contributed by atoms with Gasteiger partial charge in [0.25, 0.3) is 0 Å². The highest BCUT2D eigenvalue weighted by molar-refractivity contribution is 6.63. The van der Waals surface area contributed by atoms with E-state index in [1.165, 1.54) is 0 Å². The van der Waals surface area contributed by atoms with Crippen LogP contribution in [-0.4, -0.2) is 11.5 Å². The number of carbonyl (C=O) groups excluding carboxylic acids is 2. The first-order valence-electron chi connectivity index (χ1n) is 2.89. The fourth-order valence-electron chi connectivity index (χ4n) is 0.492. The van der Waals surface area contributed by atoms with Gasteiger partial charge >= 0.3 is 0 Å². The number of halogens is 1. The maximum atomic E-state index is 10.1. The van der Waals surface area contributed by atoms with Crippen molar-refractivity contribution in [1.29, 1.82) is 0 Å². The SMILES string of the molecule is O=CCCCCC(=O)Cl. The third-order valence-corrected chi connectivity index (χ3v) is 1.13. The molecule has 0 aliphatic rings. The maximum Gasteiger partial charge on any atom is 0.221 e. The van der Waals surface area contributed by atoms with Crippen molar-refractivity contribution in [3.8, 4) is 0 Å². The van der Waals surface area contributed by atoms with Crippen LogP contribution in [0.3, 0.4) is 0 Å². The molecule has 0 amide bonds. The second-order valence-corrected chi connectivity index (χ2v) is 2.19. The van der Waals surface area contributed by atoms with E-state index in [2.05, 4.69) is 0 Å². The van der Waals surface area contributed by atoms with Gasteiger partial charge in [-0.05, 0) is 24.4 Å². The molecular weight excluding hydrogens is 140 g/mol. The van der Waals surface area contributed by atoms with E-state index < -0.39 is 0 Å². The minimum Gasteiger partial charge on any atom is -0.303 e. The fraction of sp³-hybridized carbons (Fsp3) is 0.667. The molecule has 0 atom stereocenters. The Morgan fingerprint density at radius 3 is 2.56 bits per heavy atom. The Hall–Kier alpha value is -0.370. The van der Waals surface area contributed by atoms with Crippen LogP contribution < -0.4 is 0 Å². The number of unbranched alkanes of at least 4 members (excludes halogenated alkanes) is 2. The highest BCUT2D eigenvalue weighted by Crippen LogP contribution is 2.00. The normalized spacial score (nSPS) is 9.00. The number of rotatable bonds is 5. The molecule has 0 aromatic rings. The van der Waals surface area contributed by atoms with Crippen molar-refractivity contribution in [3.63, 3.8) is 0 Å². The van der Waals surface area contributed by atoms with Crippen LogP contribution >= 0.6 is 11.6 Å². The third kappa shape index (κ3) is 7.63. The van der Waals surface area contributed by atoms with Gasteiger partial charge in [0.05, 0.1) is 0 Å². The number of carbonyl (C=O) groups is 2. The Kier molecular flexibility index (Phi) is 5.52. The van der Waals surface area contributed by atoms with Crippen molar-refractivity contribution < 1.29 is 9.59 Å². The molecule has 0 aliphatic carbocycles. The zero-order chi connectivity index (χ0) is 7.11. The van der Waals surface area contributed by atoms with Gasteiger partial charge in [-0.2, -0.15) is 0 Å². The molecule has 0 aliphatic heterocycles. The fourth-order valence-corrected chi connectivity index (χ4v) is 0.625. The molecule has 0 unspecified atom stereocenters. The molecule has 0 heterocycles. The minimum absolute atomic E-state index is 0.319. The highest BCUT2D eigenvalue weighted by atomic mass is 35.5. The molecule has 0 aromatic carbocycles. The van der Waals surface area contributed by atoms with Crippen molar-refractivity contribution in [1.82, 2.24) is 0 Å². The number of hydrogen-bond acceptors (Lipinski definition) is 2. The summed E-state index contributed by atoms with van der Waals surface area (Å²) in [5.74, 6) is 0. The van der Waals surface area contributed by atoms with Crippen LogP contribution in [0, 0.1) is 0 Å². The van der Waals surface area contributed by atoms with Crippen LogP contribution in [0.1, 0.15) is 25.7 Å². The smallest absolute Gasteiger partial charge is 0.221 e. The Morgan fingerprint density at radius 1 is 1.44 bits per heavy atom. The molecule has 3 heteroatoms. The lowest BCUT2D eigenvalue weighted by Gasteiger charge is -1.88. The largest absolute Gasteiger partial charge is 0.303 e. The van der Waals surface area contributed by atoms with Gasteiger partial charge in [0, 0.05) is 12.8 Å². The predicted molar refractivity (Wildman–Crippen MR) is 35.4 cm³/mol.